The summed E-state index contributed by atoms with van der Waals surface area (Å²) in [5, 5.41) is 4.90. The molecule has 0 N–H and O–H groups in total. The molecule has 0 amide bonds. The lowest BCUT2D eigenvalue weighted by Crippen LogP contribution is -2.05. The molecule has 0 saturated heterocycles. The van der Waals surface area contributed by atoms with Crippen LogP contribution in [0.3, 0.4) is 0 Å². The Morgan fingerprint density at radius 2 is 1.90 bits per heavy atom. The van der Waals surface area contributed by atoms with Gasteiger partial charge in [0.25, 0.3) is 0 Å². The van der Waals surface area contributed by atoms with Crippen molar-refractivity contribution < 1.29 is 17.1 Å². The highest BCUT2D eigenvalue weighted by atomic mass is 32.2. The maximum atomic E-state index is 11.1. The van der Waals surface area contributed by atoms with Gasteiger partial charge < -0.3 is 8.71 Å². The van der Waals surface area contributed by atoms with Gasteiger partial charge in [0, 0.05) is 17.9 Å². The number of benzene rings is 2. The molecule has 5 nitrogen and oxygen atoms in total. The van der Waals surface area contributed by atoms with Gasteiger partial charge in [-0.3, -0.25) is 0 Å². The highest BCUT2D eigenvalue weighted by molar-refractivity contribution is 7.86. The van der Waals surface area contributed by atoms with Crippen molar-refractivity contribution in [2.24, 2.45) is 0 Å². The Bertz CT molecular complexity index is 869. The van der Waals surface area contributed by atoms with Crippen molar-refractivity contribution in [1.29, 1.82) is 0 Å². The first-order chi connectivity index (χ1) is 10.0. The first kappa shape index (κ1) is 13.6. The van der Waals surface area contributed by atoms with Gasteiger partial charge in [-0.15, -0.1) is 0 Å². The molecule has 0 saturated carbocycles. The van der Waals surface area contributed by atoms with Gasteiger partial charge in [0.2, 0.25) is 0 Å². The molecule has 0 aliphatic carbocycles. The third-order valence-corrected chi connectivity index (χ3v) is 3.48. The van der Waals surface area contributed by atoms with Crippen molar-refractivity contribution in [2.75, 3.05) is 6.26 Å². The predicted molar refractivity (Wildman–Crippen MR) is 78.7 cm³/mol. The van der Waals surface area contributed by atoms with E-state index in [1.165, 1.54) is 6.07 Å². The van der Waals surface area contributed by atoms with E-state index < -0.39 is 10.1 Å². The minimum atomic E-state index is -3.55. The topological polar surface area (TPSA) is 69.4 Å². The Kier molecular flexibility index (Phi) is 3.39. The molecule has 2 aromatic carbocycles. The van der Waals surface area contributed by atoms with Crippen molar-refractivity contribution in [3.8, 4) is 5.75 Å². The van der Waals surface area contributed by atoms with Crippen LogP contribution in [0.1, 0.15) is 11.3 Å². The summed E-state index contributed by atoms with van der Waals surface area (Å²) < 4.78 is 32.3. The van der Waals surface area contributed by atoms with Crippen LogP contribution in [0, 0.1) is 0 Å². The maximum Gasteiger partial charge on any atom is 0.306 e. The van der Waals surface area contributed by atoms with Crippen LogP contribution in [0.15, 0.2) is 53.1 Å². The summed E-state index contributed by atoms with van der Waals surface area (Å²) in [5.74, 6) is 0.215. The van der Waals surface area contributed by atoms with E-state index in [0.717, 1.165) is 22.9 Å². The molecule has 3 rings (SSSR count). The standard InChI is InChI=1S/C15H13NO4S/c1-21(17,18)20-12-7-8-13-14(16-19-15(13)10-12)9-11-5-3-2-4-6-11/h2-8,10H,9H2,1H3. The molecule has 108 valence electrons. The average Bonchev–Trinajstić information content (AvgIpc) is 2.81. The highest BCUT2D eigenvalue weighted by Gasteiger charge is 2.12. The summed E-state index contributed by atoms with van der Waals surface area (Å²) in [4.78, 5) is 0. The molecule has 0 aliphatic heterocycles. The highest BCUT2D eigenvalue weighted by Crippen LogP contribution is 2.25. The van der Waals surface area contributed by atoms with Crippen molar-refractivity contribution in [2.45, 2.75) is 6.42 Å². The molecule has 0 aliphatic rings. The van der Waals surface area contributed by atoms with Crippen LogP contribution < -0.4 is 4.18 Å². The van der Waals surface area contributed by atoms with Crippen LogP contribution >= 0.6 is 0 Å². The SMILES string of the molecule is CS(=O)(=O)Oc1ccc2c(Cc3ccccc3)noc2c1. The minimum Gasteiger partial charge on any atom is -0.382 e. The third kappa shape index (κ3) is 3.22. The normalized spacial score (nSPS) is 11.7. The monoisotopic (exact) mass is 303 g/mol. The zero-order valence-corrected chi connectivity index (χ0v) is 12.1. The zero-order valence-electron chi connectivity index (χ0n) is 11.3. The van der Waals surface area contributed by atoms with E-state index in [1.807, 2.05) is 30.3 Å². The third-order valence-electron chi connectivity index (χ3n) is 2.98. The minimum absolute atomic E-state index is 0.215. The summed E-state index contributed by atoms with van der Waals surface area (Å²) in [6, 6.07) is 14.8. The van der Waals surface area contributed by atoms with E-state index in [4.69, 9.17) is 8.71 Å². The molecule has 0 unspecified atom stereocenters. The second-order valence-corrected chi connectivity index (χ2v) is 6.31. The van der Waals surface area contributed by atoms with Crippen LogP contribution in [-0.2, 0) is 16.5 Å². The average molecular weight is 303 g/mol. The molecule has 0 spiro atoms. The van der Waals surface area contributed by atoms with Crippen molar-refractivity contribution in [3.05, 3.63) is 59.8 Å². The van der Waals surface area contributed by atoms with Crippen molar-refractivity contribution >= 4 is 21.1 Å². The molecule has 0 atom stereocenters. The van der Waals surface area contributed by atoms with Gasteiger partial charge >= 0.3 is 10.1 Å². The molecule has 1 heterocycles. The fourth-order valence-electron chi connectivity index (χ4n) is 2.11. The van der Waals surface area contributed by atoms with E-state index in [2.05, 4.69) is 5.16 Å². The molecule has 3 aromatic rings. The van der Waals surface area contributed by atoms with E-state index >= 15 is 0 Å². The Labute approximate surface area is 122 Å². The second-order valence-electron chi connectivity index (χ2n) is 4.74. The van der Waals surface area contributed by atoms with Gasteiger partial charge in [-0.05, 0) is 17.7 Å². The van der Waals surface area contributed by atoms with Gasteiger partial charge in [0.05, 0.1) is 11.9 Å². The summed E-state index contributed by atoms with van der Waals surface area (Å²) in [7, 11) is -3.55. The van der Waals surface area contributed by atoms with Crippen LogP contribution in [0.4, 0.5) is 0 Å². The molecule has 0 radical (unpaired) electrons. The van der Waals surface area contributed by atoms with Gasteiger partial charge in [0.1, 0.15) is 5.75 Å². The van der Waals surface area contributed by atoms with Crippen LogP contribution in [0.5, 0.6) is 5.75 Å². The van der Waals surface area contributed by atoms with E-state index in [0.29, 0.717) is 12.0 Å². The number of rotatable bonds is 4. The quantitative estimate of drug-likeness (QED) is 0.693. The summed E-state index contributed by atoms with van der Waals surface area (Å²) >= 11 is 0. The van der Waals surface area contributed by atoms with Gasteiger partial charge in [-0.1, -0.05) is 35.5 Å². The molecule has 21 heavy (non-hydrogen) atoms. The predicted octanol–water partition coefficient (Wildman–Crippen LogP) is 2.76. The zero-order chi connectivity index (χ0) is 14.9. The van der Waals surface area contributed by atoms with Crippen LogP contribution in [0.25, 0.3) is 11.0 Å². The Morgan fingerprint density at radius 3 is 2.62 bits per heavy atom. The van der Waals surface area contributed by atoms with Crippen molar-refractivity contribution in [1.82, 2.24) is 5.16 Å². The fourth-order valence-corrected chi connectivity index (χ4v) is 2.57. The largest absolute Gasteiger partial charge is 0.382 e. The molecule has 0 fully saturated rings. The number of nitrogens with zero attached hydrogens (tertiary/aromatic N) is 1. The van der Waals surface area contributed by atoms with Crippen LogP contribution in [0.2, 0.25) is 0 Å². The van der Waals surface area contributed by atoms with Gasteiger partial charge in [0.15, 0.2) is 5.58 Å². The molecule has 1 aromatic heterocycles. The summed E-state index contributed by atoms with van der Waals surface area (Å²) in [6.07, 6.45) is 1.65. The first-order valence-electron chi connectivity index (χ1n) is 6.33. The summed E-state index contributed by atoms with van der Waals surface area (Å²) in [5.41, 5.74) is 2.44. The van der Waals surface area contributed by atoms with Gasteiger partial charge in [-0.2, -0.15) is 8.42 Å². The van der Waals surface area contributed by atoms with E-state index in [1.54, 1.807) is 12.1 Å². The van der Waals surface area contributed by atoms with Crippen molar-refractivity contribution in [3.63, 3.8) is 0 Å². The summed E-state index contributed by atoms with van der Waals surface area (Å²) in [6.45, 7) is 0. The second kappa shape index (κ2) is 5.21. The number of hydrogen-bond donors (Lipinski definition) is 0. The number of aromatic nitrogens is 1. The molecular formula is C15H13NO4S. The van der Waals surface area contributed by atoms with Crippen LogP contribution in [-0.4, -0.2) is 19.8 Å². The fraction of sp³-hybridized carbons (Fsp3) is 0.133. The number of fused-ring (bicyclic) bond motifs is 1. The van der Waals surface area contributed by atoms with Gasteiger partial charge in [-0.25, -0.2) is 0 Å². The lowest BCUT2D eigenvalue weighted by Gasteiger charge is -2.02. The molecule has 0 bridgehead atoms. The van der Waals surface area contributed by atoms with E-state index in [9.17, 15) is 8.42 Å². The molecular weight excluding hydrogens is 290 g/mol. The smallest absolute Gasteiger partial charge is 0.306 e. The lowest BCUT2D eigenvalue weighted by atomic mass is 10.1. The Hall–Kier alpha value is -2.34. The Balaban J connectivity index is 1.93. The lowest BCUT2D eigenvalue weighted by molar-refractivity contribution is 0.446. The van der Waals surface area contributed by atoms with E-state index in [-0.39, 0.29) is 5.75 Å². The first-order valence-corrected chi connectivity index (χ1v) is 8.14. The Morgan fingerprint density at radius 1 is 1.14 bits per heavy atom. The number of hydrogen-bond acceptors (Lipinski definition) is 5. The molecule has 6 heteroatoms. The maximum absolute atomic E-state index is 11.1.